The van der Waals surface area contributed by atoms with E-state index in [2.05, 4.69) is 30.9 Å². The van der Waals surface area contributed by atoms with E-state index in [1.807, 2.05) is 6.07 Å². The second-order valence-corrected chi connectivity index (χ2v) is 4.27. The quantitative estimate of drug-likeness (QED) is 0.804. The lowest BCUT2D eigenvalue weighted by Crippen LogP contribution is -2.08. The van der Waals surface area contributed by atoms with Gasteiger partial charge >= 0.3 is 5.97 Å². The van der Waals surface area contributed by atoms with Crippen LogP contribution in [0.15, 0.2) is 29.3 Å². The van der Waals surface area contributed by atoms with Gasteiger partial charge in [-0.2, -0.15) is 0 Å². The first kappa shape index (κ1) is 10.9. The summed E-state index contributed by atoms with van der Waals surface area (Å²) in [5.74, 6) is -0.456. The van der Waals surface area contributed by atoms with Gasteiger partial charge in [0.1, 0.15) is 10.4 Å². The number of halogens is 1. The van der Waals surface area contributed by atoms with Crippen LogP contribution in [0.5, 0.6) is 0 Å². The summed E-state index contributed by atoms with van der Waals surface area (Å²) in [5, 5.41) is 8.89. The number of aromatic amines is 2. The zero-order chi connectivity index (χ0) is 11.5. The number of rotatable bonds is 4. The third-order valence-corrected chi connectivity index (χ3v) is 2.70. The molecule has 0 fully saturated rings. The third kappa shape index (κ3) is 2.33. The molecule has 0 aliphatic carbocycles. The maximum atomic E-state index is 10.8. The van der Waals surface area contributed by atoms with Gasteiger partial charge in [-0.25, -0.2) is 4.98 Å². The second-order valence-electron chi connectivity index (χ2n) is 3.41. The van der Waals surface area contributed by atoms with Gasteiger partial charge in [0.05, 0.1) is 18.5 Å². The maximum absolute atomic E-state index is 10.8. The number of nitrogens with one attached hydrogen (secondary N) is 2. The van der Waals surface area contributed by atoms with Gasteiger partial charge in [0.15, 0.2) is 0 Å². The number of aromatic nitrogens is 3. The minimum Gasteiger partial charge on any atom is -0.481 e. The second kappa shape index (κ2) is 4.52. The van der Waals surface area contributed by atoms with Gasteiger partial charge in [-0.05, 0) is 27.6 Å². The minimum atomic E-state index is -0.848. The molecule has 0 aromatic carbocycles. The van der Waals surface area contributed by atoms with E-state index < -0.39 is 5.97 Å². The summed E-state index contributed by atoms with van der Waals surface area (Å²) < 4.78 is 0.744. The van der Waals surface area contributed by atoms with Crippen molar-refractivity contribution in [2.75, 3.05) is 0 Å². The van der Waals surface area contributed by atoms with Crippen molar-refractivity contribution in [3.63, 3.8) is 0 Å². The Morgan fingerprint density at radius 2 is 2.44 bits per heavy atom. The molecule has 0 aliphatic rings. The largest absolute Gasteiger partial charge is 0.481 e. The Balaban J connectivity index is 2.31. The topological polar surface area (TPSA) is 81.8 Å². The van der Waals surface area contributed by atoms with Crippen LogP contribution >= 0.6 is 15.9 Å². The van der Waals surface area contributed by atoms with Crippen LogP contribution in [0.3, 0.4) is 0 Å². The highest BCUT2D eigenvalue weighted by atomic mass is 79.9. The summed E-state index contributed by atoms with van der Waals surface area (Å²) in [4.78, 5) is 20.9. The van der Waals surface area contributed by atoms with Crippen molar-refractivity contribution in [2.24, 2.45) is 0 Å². The number of aliphatic carboxylic acids is 1. The standard InChI is InChI=1S/C10H10BrN3O2/c11-8-5-13-10(14-8)7(3-9(15)16)6-1-2-12-4-6/h1-2,4-5,7,12H,3H2,(H,13,14)(H,15,16). The fraction of sp³-hybridized carbons (Fsp3) is 0.200. The fourth-order valence-electron chi connectivity index (χ4n) is 1.59. The van der Waals surface area contributed by atoms with Crippen LogP contribution in [0.25, 0.3) is 0 Å². The first-order valence-corrected chi connectivity index (χ1v) is 5.51. The zero-order valence-electron chi connectivity index (χ0n) is 8.27. The van der Waals surface area contributed by atoms with Crippen molar-refractivity contribution in [3.05, 3.63) is 40.6 Å². The summed E-state index contributed by atoms with van der Waals surface area (Å²) in [5.41, 5.74) is 0.907. The van der Waals surface area contributed by atoms with E-state index in [-0.39, 0.29) is 12.3 Å². The lowest BCUT2D eigenvalue weighted by Gasteiger charge is -2.10. The smallest absolute Gasteiger partial charge is 0.304 e. The van der Waals surface area contributed by atoms with Crippen molar-refractivity contribution in [3.8, 4) is 0 Å². The Bertz CT molecular complexity index is 478. The highest BCUT2D eigenvalue weighted by Crippen LogP contribution is 2.26. The van der Waals surface area contributed by atoms with Gasteiger partial charge in [0, 0.05) is 12.4 Å². The number of hydrogen-bond acceptors (Lipinski definition) is 2. The molecule has 6 heteroatoms. The highest BCUT2D eigenvalue weighted by Gasteiger charge is 2.20. The normalized spacial score (nSPS) is 12.6. The molecule has 2 aromatic heterocycles. The van der Waals surface area contributed by atoms with Crippen LogP contribution in [0.1, 0.15) is 23.7 Å². The Hall–Kier alpha value is -1.56. The molecular formula is C10H10BrN3O2. The van der Waals surface area contributed by atoms with Crippen molar-refractivity contribution < 1.29 is 9.90 Å². The molecule has 0 bridgehead atoms. The Morgan fingerprint density at radius 3 is 2.94 bits per heavy atom. The van der Waals surface area contributed by atoms with Crippen LogP contribution in [-0.4, -0.2) is 26.0 Å². The molecule has 0 radical (unpaired) electrons. The molecule has 0 saturated heterocycles. The van der Waals surface area contributed by atoms with Crippen LogP contribution < -0.4 is 0 Å². The number of carboxylic acid groups (broad SMARTS) is 1. The third-order valence-electron chi connectivity index (χ3n) is 2.30. The van der Waals surface area contributed by atoms with Gasteiger partial charge in [-0.3, -0.25) is 4.79 Å². The van der Waals surface area contributed by atoms with E-state index in [0.29, 0.717) is 5.82 Å². The van der Waals surface area contributed by atoms with Crippen molar-refractivity contribution in [2.45, 2.75) is 12.3 Å². The molecule has 2 heterocycles. The van der Waals surface area contributed by atoms with Gasteiger partial charge in [-0.15, -0.1) is 0 Å². The fourth-order valence-corrected chi connectivity index (χ4v) is 1.90. The van der Waals surface area contributed by atoms with Gasteiger partial charge in [0.2, 0.25) is 0 Å². The molecule has 2 rings (SSSR count). The van der Waals surface area contributed by atoms with Crippen molar-refractivity contribution >= 4 is 21.9 Å². The number of H-pyrrole nitrogens is 2. The van der Waals surface area contributed by atoms with Crippen LogP contribution in [0.2, 0.25) is 0 Å². The molecule has 1 atom stereocenters. The van der Waals surface area contributed by atoms with Crippen molar-refractivity contribution in [1.29, 1.82) is 0 Å². The first-order valence-electron chi connectivity index (χ1n) is 4.71. The maximum Gasteiger partial charge on any atom is 0.304 e. The first-order chi connectivity index (χ1) is 7.66. The van der Waals surface area contributed by atoms with E-state index >= 15 is 0 Å². The monoisotopic (exact) mass is 283 g/mol. The molecule has 0 aliphatic heterocycles. The van der Waals surface area contributed by atoms with E-state index in [9.17, 15) is 4.79 Å². The van der Waals surface area contributed by atoms with E-state index in [1.54, 1.807) is 18.6 Å². The number of imidazole rings is 1. The average Bonchev–Trinajstić information content (AvgIpc) is 2.84. The Labute approximate surface area is 100 Å². The van der Waals surface area contributed by atoms with Crippen LogP contribution in [-0.2, 0) is 4.79 Å². The van der Waals surface area contributed by atoms with E-state index in [4.69, 9.17) is 5.11 Å². The number of nitrogens with zero attached hydrogens (tertiary/aromatic N) is 1. The highest BCUT2D eigenvalue weighted by molar-refractivity contribution is 9.10. The molecule has 2 aromatic rings. The molecule has 0 spiro atoms. The molecule has 5 nitrogen and oxygen atoms in total. The lowest BCUT2D eigenvalue weighted by molar-refractivity contribution is -0.137. The Kier molecular flexibility index (Phi) is 3.09. The number of carbonyl (C=O) groups is 1. The number of hydrogen-bond donors (Lipinski definition) is 3. The molecule has 3 N–H and O–H groups in total. The summed E-state index contributed by atoms with van der Waals surface area (Å²) in [6, 6.07) is 1.85. The molecule has 0 saturated carbocycles. The number of carboxylic acids is 1. The molecular weight excluding hydrogens is 274 g/mol. The van der Waals surface area contributed by atoms with Gasteiger partial charge < -0.3 is 15.1 Å². The van der Waals surface area contributed by atoms with Crippen LogP contribution in [0, 0.1) is 0 Å². The zero-order valence-corrected chi connectivity index (χ0v) is 9.86. The summed E-state index contributed by atoms with van der Waals surface area (Å²) in [6.45, 7) is 0. The van der Waals surface area contributed by atoms with E-state index in [0.717, 1.165) is 10.2 Å². The molecule has 1 unspecified atom stereocenters. The van der Waals surface area contributed by atoms with Gasteiger partial charge in [-0.1, -0.05) is 0 Å². The van der Waals surface area contributed by atoms with Crippen LogP contribution in [0.4, 0.5) is 0 Å². The van der Waals surface area contributed by atoms with Gasteiger partial charge in [0.25, 0.3) is 0 Å². The SMILES string of the molecule is O=C(O)CC(c1cc[nH]c1)c1ncc(Br)[nH]1. The molecule has 16 heavy (non-hydrogen) atoms. The Morgan fingerprint density at radius 1 is 1.62 bits per heavy atom. The average molecular weight is 284 g/mol. The predicted molar refractivity (Wildman–Crippen MR) is 61.2 cm³/mol. The minimum absolute atomic E-state index is 0.0117. The summed E-state index contributed by atoms with van der Waals surface area (Å²) in [7, 11) is 0. The summed E-state index contributed by atoms with van der Waals surface area (Å²) >= 11 is 3.26. The van der Waals surface area contributed by atoms with E-state index in [1.165, 1.54) is 0 Å². The predicted octanol–water partition coefficient (Wildman–Crippen LogP) is 2.11. The lowest BCUT2D eigenvalue weighted by atomic mass is 9.98. The van der Waals surface area contributed by atoms with Crippen molar-refractivity contribution in [1.82, 2.24) is 15.0 Å². The summed E-state index contributed by atoms with van der Waals surface area (Å²) in [6.07, 6.45) is 5.18. The molecule has 84 valence electrons. The molecule has 0 amide bonds.